The lowest BCUT2D eigenvalue weighted by Gasteiger charge is -2.25. The van der Waals surface area contributed by atoms with Gasteiger partial charge in [-0.15, -0.1) is 0 Å². The Labute approximate surface area is 110 Å². The van der Waals surface area contributed by atoms with Crippen LogP contribution in [0.15, 0.2) is 36.7 Å². The van der Waals surface area contributed by atoms with Gasteiger partial charge in [-0.05, 0) is 5.56 Å². The Morgan fingerprint density at radius 2 is 2.21 bits per heavy atom. The minimum absolute atomic E-state index is 0.00611. The van der Waals surface area contributed by atoms with Crippen molar-refractivity contribution in [3.63, 3.8) is 0 Å². The molecule has 1 aliphatic rings. The molecule has 0 bridgehead atoms. The standard InChI is InChI=1S/C14H14N2O3/c1-18-14(17)13-11-8-19-12(7-16(11)9-15-13)10-5-3-2-4-6-10/h2-6,9,12H,7-8H2,1H3/t12-/m0/s1. The minimum Gasteiger partial charge on any atom is -0.464 e. The Bertz CT molecular complexity index is 592. The summed E-state index contributed by atoms with van der Waals surface area (Å²) >= 11 is 0. The molecule has 19 heavy (non-hydrogen) atoms. The fourth-order valence-electron chi connectivity index (χ4n) is 2.26. The summed E-state index contributed by atoms with van der Waals surface area (Å²) < 4.78 is 12.5. The monoisotopic (exact) mass is 258 g/mol. The topological polar surface area (TPSA) is 53.3 Å². The molecule has 0 spiro atoms. The lowest BCUT2D eigenvalue weighted by molar-refractivity contribution is 0.00202. The van der Waals surface area contributed by atoms with Crippen molar-refractivity contribution in [2.45, 2.75) is 19.3 Å². The highest BCUT2D eigenvalue weighted by atomic mass is 16.5. The second-order valence-electron chi connectivity index (χ2n) is 4.39. The van der Waals surface area contributed by atoms with Gasteiger partial charge in [0, 0.05) is 0 Å². The highest BCUT2D eigenvalue weighted by Gasteiger charge is 2.26. The number of imidazole rings is 1. The molecule has 0 unspecified atom stereocenters. The highest BCUT2D eigenvalue weighted by Crippen LogP contribution is 2.27. The van der Waals surface area contributed by atoms with Gasteiger partial charge >= 0.3 is 5.97 Å². The van der Waals surface area contributed by atoms with E-state index in [1.807, 2.05) is 34.9 Å². The van der Waals surface area contributed by atoms with Gasteiger partial charge in [0.1, 0.15) is 6.10 Å². The van der Waals surface area contributed by atoms with Gasteiger partial charge < -0.3 is 14.0 Å². The van der Waals surface area contributed by atoms with Gasteiger partial charge in [-0.2, -0.15) is 0 Å². The van der Waals surface area contributed by atoms with Crippen LogP contribution in [-0.2, 0) is 22.6 Å². The van der Waals surface area contributed by atoms with E-state index < -0.39 is 5.97 Å². The zero-order valence-corrected chi connectivity index (χ0v) is 10.6. The van der Waals surface area contributed by atoms with Crippen LogP contribution >= 0.6 is 0 Å². The quantitative estimate of drug-likeness (QED) is 0.772. The van der Waals surface area contributed by atoms with Crippen LogP contribution in [0.5, 0.6) is 0 Å². The fraction of sp³-hybridized carbons (Fsp3) is 0.286. The van der Waals surface area contributed by atoms with E-state index in [0.29, 0.717) is 18.8 Å². The fourth-order valence-corrected chi connectivity index (χ4v) is 2.26. The number of ether oxygens (including phenoxy) is 2. The molecule has 1 aliphatic heterocycles. The third-order valence-corrected chi connectivity index (χ3v) is 3.28. The highest BCUT2D eigenvalue weighted by molar-refractivity contribution is 5.88. The Kier molecular flexibility index (Phi) is 3.05. The Hall–Kier alpha value is -2.14. The Morgan fingerprint density at radius 1 is 1.42 bits per heavy atom. The number of carbonyl (C=O) groups excluding carboxylic acids is 1. The number of benzene rings is 1. The van der Waals surface area contributed by atoms with Gasteiger partial charge in [-0.1, -0.05) is 30.3 Å². The first-order valence-electron chi connectivity index (χ1n) is 6.08. The van der Waals surface area contributed by atoms with Crippen LogP contribution in [0.3, 0.4) is 0 Å². The van der Waals surface area contributed by atoms with Crippen molar-refractivity contribution in [3.8, 4) is 0 Å². The summed E-state index contributed by atoms with van der Waals surface area (Å²) in [6.45, 7) is 1.02. The summed E-state index contributed by atoms with van der Waals surface area (Å²) in [5, 5.41) is 0. The number of methoxy groups -OCH3 is 1. The van der Waals surface area contributed by atoms with Crippen molar-refractivity contribution in [3.05, 3.63) is 53.6 Å². The van der Waals surface area contributed by atoms with Gasteiger partial charge in [-0.3, -0.25) is 0 Å². The van der Waals surface area contributed by atoms with Crippen molar-refractivity contribution in [2.24, 2.45) is 0 Å². The first kappa shape index (κ1) is 11.9. The molecule has 2 heterocycles. The second-order valence-corrected chi connectivity index (χ2v) is 4.39. The van der Waals surface area contributed by atoms with Crippen LogP contribution in [0.2, 0.25) is 0 Å². The number of nitrogens with zero attached hydrogens (tertiary/aromatic N) is 2. The molecule has 0 saturated carbocycles. The maximum Gasteiger partial charge on any atom is 0.358 e. The summed E-state index contributed by atoms with van der Waals surface area (Å²) in [7, 11) is 1.35. The number of esters is 1. The molecule has 0 fully saturated rings. The Morgan fingerprint density at radius 3 is 2.95 bits per heavy atom. The van der Waals surface area contributed by atoms with Crippen molar-refractivity contribution in [2.75, 3.05) is 7.11 Å². The SMILES string of the molecule is COC(=O)c1ncn2c1CO[C@H](c1ccccc1)C2. The van der Waals surface area contributed by atoms with Crippen molar-refractivity contribution >= 4 is 5.97 Å². The number of fused-ring (bicyclic) bond motifs is 1. The lowest BCUT2D eigenvalue weighted by atomic mass is 10.1. The predicted molar refractivity (Wildman–Crippen MR) is 67.5 cm³/mol. The van der Waals surface area contributed by atoms with Gasteiger partial charge in [0.2, 0.25) is 0 Å². The molecule has 1 aromatic heterocycles. The number of hydrogen-bond acceptors (Lipinski definition) is 4. The average molecular weight is 258 g/mol. The van der Waals surface area contributed by atoms with Crippen LogP contribution < -0.4 is 0 Å². The minimum atomic E-state index is -0.421. The van der Waals surface area contributed by atoms with Crippen LogP contribution in [0.25, 0.3) is 0 Å². The van der Waals surface area contributed by atoms with Gasteiger partial charge in [0.25, 0.3) is 0 Å². The van der Waals surface area contributed by atoms with Crippen LogP contribution in [0.4, 0.5) is 0 Å². The number of hydrogen-bond donors (Lipinski definition) is 0. The summed E-state index contributed by atoms with van der Waals surface area (Å²) in [6.07, 6.45) is 1.66. The van der Waals surface area contributed by atoms with E-state index in [9.17, 15) is 4.79 Å². The third-order valence-electron chi connectivity index (χ3n) is 3.28. The number of rotatable bonds is 2. The van der Waals surface area contributed by atoms with Crippen molar-refractivity contribution in [1.82, 2.24) is 9.55 Å². The van der Waals surface area contributed by atoms with E-state index in [1.54, 1.807) is 6.33 Å². The molecule has 0 N–H and O–H groups in total. The van der Waals surface area contributed by atoms with E-state index in [0.717, 1.165) is 11.3 Å². The molecule has 2 aromatic rings. The molecule has 1 atom stereocenters. The summed E-state index contributed by atoms with van der Waals surface area (Å²) in [5.41, 5.74) is 2.24. The summed E-state index contributed by atoms with van der Waals surface area (Å²) in [4.78, 5) is 15.6. The number of carbonyl (C=O) groups is 1. The van der Waals surface area contributed by atoms with Crippen LogP contribution in [0, 0.1) is 0 Å². The zero-order chi connectivity index (χ0) is 13.2. The molecular weight excluding hydrogens is 244 g/mol. The van der Waals surface area contributed by atoms with Gasteiger partial charge in [0.15, 0.2) is 5.69 Å². The summed E-state index contributed by atoms with van der Waals surface area (Å²) in [6, 6.07) is 10.0. The zero-order valence-electron chi connectivity index (χ0n) is 10.6. The normalized spacial score (nSPS) is 17.8. The molecule has 5 nitrogen and oxygen atoms in total. The molecule has 0 saturated heterocycles. The molecular formula is C14H14N2O3. The maximum absolute atomic E-state index is 11.5. The van der Waals surface area contributed by atoms with Gasteiger partial charge in [-0.25, -0.2) is 9.78 Å². The van der Waals surface area contributed by atoms with E-state index in [2.05, 4.69) is 4.98 Å². The molecule has 1 aromatic carbocycles. The predicted octanol–water partition coefficient (Wildman–Crippen LogP) is 1.94. The van der Waals surface area contributed by atoms with Gasteiger partial charge in [0.05, 0.1) is 32.3 Å². The second kappa shape index (κ2) is 4.85. The maximum atomic E-state index is 11.5. The molecule has 0 amide bonds. The van der Waals surface area contributed by atoms with E-state index in [4.69, 9.17) is 9.47 Å². The van der Waals surface area contributed by atoms with E-state index in [-0.39, 0.29) is 6.10 Å². The molecule has 98 valence electrons. The van der Waals surface area contributed by atoms with Crippen molar-refractivity contribution in [1.29, 1.82) is 0 Å². The average Bonchev–Trinajstić information content (AvgIpc) is 2.90. The van der Waals surface area contributed by atoms with Crippen LogP contribution in [0.1, 0.15) is 27.8 Å². The number of aromatic nitrogens is 2. The summed E-state index contributed by atoms with van der Waals surface area (Å²) in [5.74, 6) is -0.421. The van der Waals surface area contributed by atoms with E-state index in [1.165, 1.54) is 7.11 Å². The van der Waals surface area contributed by atoms with Crippen molar-refractivity contribution < 1.29 is 14.3 Å². The van der Waals surface area contributed by atoms with Crippen LogP contribution in [-0.4, -0.2) is 22.6 Å². The largest absolute Gasteiger partial charge is 0.464 e. The molecule has 3 rings (SSSR count). The molecule has 0 radical (unpaired) electrons. The third kappa shape index (κ3) is 2.13. The molecule has 0 aliphatic carbocycles. The molecule has 5 heteroatoms. The Balaban J connectivity index is 1.86. The first-order chi connectivity index (χ1) is 9.29. The first-order valence-corrected chi connectivity index (χ1v) is 6.08. The smallest absolute Gasteiger partial charge is 0.358 e. The van der Waals surface area contributed by atoms with E-state index >= 15 is 0 Å². The lowest BCUT2D eigenvalue weighted by Crippen LogP contribution is -2.22.